The van der Waals surface area contributed by atoms with Gasteiger partial charge in [-0.1, -0.05) is 54.1 Å². The second-order valence-corrected chi connectivity index (χ2v) is 5.35. The van der Waals surface area contributed by atoms with E-state index < -0.39 is 0 Å². The van der Waals surface area contributed by atoms with Crippen molar-refractivity contribution in [1.82, 2.24) is 19.8 Å². The number of halogens is 1. The van der Waals surface area contributed by atoms with Crippen molar-refractivity contribution in [1.29, 1.82) is 0 Å². The number of hydrogen-bond acceptors (Lipinski definition) is 4. The summed E-state index contributed by atoms with van der Waals surface area (Å²) >= 11 is 6.20. The molecule has 0 unspecified atom stereocenters. The van der Waals surface area contributed by atoms with E-state index in [9.17, 15) is 0 Å². The summed E-state index contributed by atoms with van der Waals surface area (Å²) in [5.41, 5.74) is 1.78. The van der Waals surface area contributed by atoms with Crippen molar-refractivity contribution < 1.29 is 0 Å². The van der Waals surface area contributed by atoms with E-state index in [-0.39, 0.29) is 0 Å². The van der Waals surface area contributed by atoms with Crippen LogP contribution in [0.3, 0.4) is 0 Å². The van der Waals surface area contributed by atoms with Crippen molar-refractivity contribution >= 4 is 33.8 Å². The predicted octanol–water partition coefficient (Wildman–Crippen LogP) is 3.54. The van der Waals surface area contributed by atoms with Crippen LogP contribution in [0.4, 0.5) is 5.82 Å². The lowest BCUT2D eigenvalue weighted by molar-refractivity contribution is 0.927. The SMILES string of the molecule is Clc1ccccc1CNc1nn2cnnc2c2ccccc12. The number of anilines is 1. The molecule has 0 aliphatic rings. The van der Waals surface area contributed by atoms with Crippen molar-refractivity contribution in [3.63, 3.8) is 0 Å². The summed E-state index contributed by atoms with van der Waals surface area (Å²) in [5.74, 6) is 0.780. The van der Waals surface area contributed by atoms with E-state index in [0.29, 0.717) is 6.54 Å². The van der Waals surface area contributed by atoms with Crippen LogP contribution in [0.25, 0.3) is 16.4 Å². The van der Waals surface area contributed by atoms with Crippen molar-refractivity contribution in [2.75, 3.05) is 5.32 Å². The normalized spacial score (nSPS) is 11.1. The van der Waals surface area contributed by atoms with Crippen LogP contribution < -0.4 is 5.32 Å². The van der Waals surface area contributed by atoms with Crippen LogP contribution in [-0.2, 0) is 6.54 Å². The van der Waals surface area contributed by atoms with Gasteiger partial charge in [-0.15, -0.1) is 15.3 Å². The van der Waals surface area contributed by atoms with Crippen LogP contribution in [-0.4, -0.2) is 19.8 Å². The predicted molar refractivity (Wildman–Crippen MR) is 87.1 cm³/mol. The van der Waals surface area contributed by atoms with Gasteiger partial charge in [-0.25, -0.2) is 0 Å². The van der Waals surface area contributed by atoms with E-state index in [1.807, 2.05) is 48.5 Å². The smallest absolute Gasteiger partial charge is 0.185 e. The Morgan fingerprint density at radius 1 is 1.00 bits per heavy atom. The third-order valence-corrected chi connectivity index (χ3v) is 3.93. The first kappa shape index (κ1) is 13.0. The molecule has 4 aromatic rings. The Morgan fingerprint density at radius 3 is 2.64 bits per heavy atom. The Balaban J connectivity index is 1.78. The number of hydrogen-bond donors (Lipinski definition) is 1. The van der Waals surface area contributed by atoms with Crippen LogP contribution >= 0.6 is 11.6 Å². The van der Waals surface area contributed by atoms with Gasteiger partial charge in [0, 0.05) is 22.3 Å². The van der Waals surface area contributed by atoms with E-state index in [1.54, 1.807) is 10.8 Å². The Kier molecular flexibility index (Phi) is 3.12. The third kappa shape index (κ3) is 2.16. The third-order valence-electron chi connectivity index (χ3n) is 3.57. The highest BCUT2D eigenvalue weighted by atomic mass is 35.5. The second-order valence-electron chi connectivity index (χ2n) is 4.94. The van der Waals surface area contributed by atoms with Crippen molar-refractivity contribution in [2.24, 2.45) is 0 Å². The lowest BCUT2D eigenvalue weighted by atomic mass is 10.1. The molecule has 0 radical (unpaired) electrons. The van der Waals surface area contributed by atoms with Gasteiger partial charge >= 0.3 is 0 Å². The molecule has 0 fully saturated rings. The zero-order valence-corrected chi connectivity index (χ0v) is 12.3. The molecule has 2 aromatic carbocycles. The summed E-state index contributed by atoms with van der Waals surface area (Å²) in [7, 11) is 0. The first-order valence-electron chi connectivity index (χ1n) is 6.89. The molecule has 5 nitrogen and oxygen atoms in total. The number of benzene rings is 2. The fraction of sp³-hybridized carbons (Fsp3) is 0.0625. The zero-order valence-electron chi connectivity index (χ0n) is 11.6. The second kappa shape index (κ2) is 5.27. The van der Waals surface area contributed by atoms with Crippen LogP contribution in [0, 0.1) is 0 Å². The summed E-state index contributed by atoms with van der Waals surface area (Å²) in [6, 6.07) is 15.8. The highest BCUT2D eigenvalue weighted by Crippen LogP contribution is 2.25. The van der Waals surface area contributed by atoms with Gasteiger partial charge in [0.05, 0.1) is 0 Å². The van der Waals surface area contributed by atoms with Crippen molar-refractivity contribution in [2.45, 2.75) is 6.54 Å². The maximum Gasteiger partial charge on any atom is 0.185 e. The van der Waals surface area contributed by atoms with E-state index >= 15 is 0 Å². The monoisotopic (exact) mass is 309 g/mol. The largest absolute Gasteiger partial charge is 0.364 e. The van der Waals surface area contributed by atoms with E-state index in [0.717, 1.165) is 32.8 Å². The van der Waals surface area contributed by atoms with E-state index in [2.05, 4.69) is 20.6 Å². The number of aromatic nitrogens is 4. The summed E-state index contributed by atoms with van der Waals surface area (Å²) in [5, 5.41) is 18.7. The van der Waals surface area contributed by atoms with Gasteiger partial charge in [0.15, 0.2) is 11.5 Å². The summed E-state index contributed by atoms with van der Waals surface area (Å²) in [4.78, 5) is 0. The molecular weight excluding hydrogens is 298 g/mol. The number of nitrogens with one attached hydrogen (secondary N) is 1. The van der Waals surface area contributed by atoms with Gasteiger partial charge in [-0.3, -0.25) is 0 Å². The van der Waals surface area contributed by atoms with Crippen LogP contribution in [0.15, 0.2) is 54.9 Å². The molecule has 0 amide bonds. The molecule has 0 bridgehead atoms. The molecule has 0 aliphatic heterocycles. The molecule has 2 heterocycles. The van der Waals surface area contributed by atoms with Gasteiger partial charge in [-0.2, -0.15) is 4.52 Å². The molecule has 4 rings (SSSR count). The highest BCUT2D eigenvalue weighted by Gasteiger charge is 2.09. The van der Waals surface area contributed by atoms with Gasteiger partial charge in [0.2, 0.25) is 0 Å². The Hall–Kier alpha value is -2.66. The Bertz CT molecular complexity index is 963. The summed E-state index contributed by atoms with van der Waals surface area (Å²) in [6.07, 6.45) is 1.60. The number of nitrogens with zero attached hydrogens (tertiary/aromatic N) is 4. The summed E-state index contributed by atoms with van der Waals surface area (Å²) < 4.78 is 1.68. The fourth-order valence-electron chi connectivity index (χ4n) is 2.48. The highest BCUT2D eigenvalue weighted by molar-refractivity contribution is 6.31. The minimum atomic E-state index is 0.601. The average molecular weight is 310 g/mol. The van der Waals surface area contributed by atoms with Gasteiger partial charge in [0.1, 0.15) is 6.33 Å². The van der Waals surface area contributed by atoms with Crippen LogP contribution in [0.5, 0.6) is 0 Å². The lowest BCUT2D eigenvalue weighted by Crippen LogP contribution is -2.05. The molecule has 2 aromatic heterocycles. The number of rotatable bonds is 3. The first-order chi connectivity index (χ1) is 10.8. The molecule has 0 saturated carbocycles. The molecule has 0 saturated heterocycles. The molecule has 22 heavy (non-hydrogen) atoms. The van der Waals surface area contributed by atoms with E-state index in [4.69, 9.17) is 11.6 Å². The van der Waals surface area contributed by atoms with Gasteiger partial charge < -0.3 is 5.32 Å². The first-order valence-corrected chi connectivity index (χ1v) is 7.27. The quantitative estimate of drug-likeness (QED) is 0.629. The topological polar surface area (TPSA) is 55.1 Å². The van der Waals surface area contributed by atoms with Crippen LogP contribution in [0.1, 0.15) is 5.56 Å². The van der Waals surface area contributed by atoms with Crippen molar-refractivity contribution in [3.05, 3.63) is 65.4 Å². The lowest BCUT2D eigenvalue weighted by Gasteiger charge is -2.10. The maximum atomic E-state index is 6.20. The van der Waals surface area contributed by atoms with Crippen molar-refractivity contribution in [3.8, 4) is 0 Å². The minimum absolute atomic E-state index is 0.601. The molecule has 0 atom stereocenters. The Morgan fingerprint density at radius 2 is 1.77 bits per heavy atom. The molecule has 0 spiro atoms. The van der Waals surface area contributed by atoms with E-state index in [1.165, 1.54) is 0 Å². The summed E-state index contributed by atoms with van der Waals surface area (Å²) in [6.45, 7) is 0.601. The maximum absolute atomic E-state index is 6.20. The van der Waals surface area contributed by atoms with Crippen LogP contribution in [0.2, 0.25) is 5.02 Å². The van der Waals surface area contributed by atoms with Gasteiger partial charge in [0.25, 0.3) is 0 Å². The molecule has 6 heteroatoms. The molecule has 108 valence electrons. The standard InChI is InChI=1S/C16H12ClN5/c17-14-8-4-1-5-11(14)9-18-15-12-6-2-3-7-13(12)16-20-19-10-22(16)21-15/h1-8,10H,9H2,(H,18,21). The molecule has 0 aliphatic carbocycles. The Labute approximate surface area is 131 Å². The van der Waals surface area contributed by atoms with Gasteiger partial charge in [-0.05, 0) is 11.6 Å². The number of fused-ring (bicyclic) bond motifs is 3. The fourth-order valence-corrected chi connectivity index (χ4v) is 2.68. The zero-order chi connectivity index (χ0) is 14.9. The minimum Gasteiger partial charge on any atom is -0.364 e. The molecular formula is C16H12ClN5. The molecule has 1 N–H and O–H groups in total. The average Bonchev–Trinajstić information content (AvgIpc) is 3.02.